The molecule has 20 heavy (non-hydrogen) atoms. The topological polar surface area (TPSA) is 24.5 Å². The van der Waals surface area contributed by atoms with Gasteiger partial charge in [0, 0.05) is 43.0 Å². The molecule has 112 valence electrons. The van der Waals surface area contributed by atoms with Crippen molar-refractivity contribution >= 4 is 17.3 Å². The number of anilines is 1. The first-order chi connectivity index (χ1) is 9.56. The lowest BCUT2D eigenvalue weighted by Crippen LogP contribution is -2.32. The van der Waals surface area contributed by atoms with Crippen molar-refractivity contribution in [2.45, 2.75) is 45.9 Å². The summed E-state index contributed by atoms with van der Waals surface area (Å²) in [5, 5.41) is 4.28. The van der Waals surface area contributed by atoms with Crippen LogP contribution in [-0.2, 0) is 11.3 Å². The summed E-state index contributed by atoms with van der Waals surface area (Å²) >= 11 is 6.16. The van der Waals surface area contributed by atoms with E-state index in [9.17, 15) is 0 Å². The van der Waals surface area contributed by atoms with Gasteiger partial charge in [0.25, 0.3) is 0 Å². The lowest BCUT2D eigenvalue weighted by molar-refractivity contribution is 0.0821. The third-order valence-corrected chi connectivity index (χ3v) is 3.77. The van der Waals surface area contributed by atoms with E-state index in [-0.39, 0.29) is 6.10 Å². The fourth-order valence-corrected chi connectivity index (χ4v) is 2.73. The number of hydrogen-bond donors (Lipinski definition) is 1. The molecule has 1 aromatic rings. The molecule has 0 amide bonds. The first kappa shape index (κ1) is 15.6. The maximum atomic E-state index is 6.16. The molecule has 1 N–H and O–H groups in total. The zero-order valence-electron chi connectivity index (χ0n) is 12.7. The predicted molar refractivity (Wildman–Crippen MR) is 85.7 cm³/mol. The van der Waals surface area contributed by atoms with Crippen molar-refractivity contribution in [1.29, 1.82) is 0 Å². The third kappa shape index (κ3) is 4.37. The second-order valence-corrected chi connectivity index (χ2v) is 6.23. The summed E-state index contributed by atoms with van der Waals surface area (Å²) in [4.78, 5) is 2.42. The van der Waals surface area contributed by atoms with Crippen molar-refractivity contribution in [3.05, 3.63) is 28.8 Å². The number of ether oxygens (including phenoxy) is 1. The van der Waals surface area contributed by atoms with Crippen molar-refractivity contribution in [2.75, 3.05) is 24.6 Å². The molecule has 0 aliphatic carbocycles. The smallest absolute Gasteiger partial charge is 0.0721 e. The lowest BCUT2D eigenvalue weighted by atomic mass is 10.1. The van der Waals surface area contributed by atoms with E-state index in [1.807, 2.05) is 6.07 Å². The third-order valence-electron chi connectivity index (χ3n) is 3.54. The molecule has 0 saturated carbocycles. The van der Waals surface area contributed by atoms with Crippen molar-refractivity contribution in [3.63, 3.8) is 0 Å². The van der Waals surface area contributed by atoms with Crippen molar-refractivity contribution in [3.8, 4) is 0 Å². The van der Waals surface area contributed by atoms with Crippen LogP contribution >= 0.6 is 11.6 Å². The van der Waals surface area contributed by atoms with Gasteiger partial charge in [-0.2, -0.15) is 0 Å². The number of hydrogen-bond acceptors (Lipinski definition) is 3. The quantitative estimate of drug-likeness (QED) is 0.921. The Morgan fingerprint density at radius 3 is 3.00 bits per heavy atom. The van der Waals surface area contributed by atoms with Gasteiger partial charge < -0.3 is 15.0 Å². The van der Waals surface area contributed by atoms with Gasteiger partial charge in [0.2, 0.25) is 0 Å². The number of nitrogens with one attached hydrogen (secondary N) is 1. The van der Waals surface area contributed by atoms with Gasteiger partial charge in [-0.15, -0.1) is 0 Å². The van der Waals surface area contributed by atoms with E-state index in [1.54, 1.807) is 0 Å². The maximum Gasteiger partial charge on any atom is 0.0721 e. The largest absolute Gasteiger partial charge is 0.377 e. The molecule has 1 heterocycles. The lowest BCUT2D eigenvalue weighted by Gasteiger charge is -2.27. The minimum atomic E-state index is 0.277. The van der Waals surface area contributed by atoms with Gasteiger partial charge in [-0.1, -0.05) is 25.4 Å². The minimum absolute atomic E-state index is 0.277. The van der Waals surface area contributed by atoms with E-state index in [4.69, 9.17) is 16.3 Å². The van der Waals surface area contributed by atoms with Gasteiger partial charge in [0.15, 0.2) is 0 Å². The second-order valence-electron chi connectivity index (χ2n) is 5.79. The molecule has 0 spiro atoms. The van der Waals surface area contributed by atoms with E-state index in [2.05, 4.69) is 43.1 Å². The van der Waals surface area contributed by atoms with Gasteiger partial charge in [0.05, 0.1) is 6.10 Å². The molecule has 1 saturated heterocycles. The van der Waals surface area contributed by atoms with Crippen molar-refractivity contribution in [2.24, 2.45) is 0 Å². The number of rotatable bonds is 4. The van der Waals surface area contributed by atoms with Crippen molar-refractivity contribution in [1.82, 2.24) is 5.32 Å². The van der Waals surface area contributed by atoms with Gasteiger partial charge in [-0.3, -0.25) is 0 Å². The molecule has 2 rings (SSSR count). The van der Waals surface area contributed by atoms with Crippen LogP contribution in [0.4, 0.5) is 5.69 Å². The van der Waals surface area contributed by atoms with Gasteiger partial charge in [-0.05, 0) is 37.1 Å². The summed E-state index contributed by atoms with van der Waals surface area (Å²) in [6, 6.07) is 6.65. The Hall–Kier alpha value is -0.770. The zero-order valence-corrected chi connectivity index (χ0v) is 13.4. The summed E-state index contributed by atoms with van der Waals surface area (Å²) < 4.78 is 5.73. The highest BCUT2D eigenvalue weighted by atomic mass is 35.5. The van der Waals surface area contributed by atoms with Crippen LogP contribution in [0.5, 0.6) is 0 Å². The molecule has 4 heteroatoms. The van der Waals surface area contributed by atoms with Gasteiger partial charge in [-0.25, -0.2) is 0 Å². The first-order valence-electron chi connectivity index (χ1n) is 7.44. The van der Waals surface area contributed by atoms with E-state index >= 15 is 0 Å². The molecule has 1 atom stereocenters. The minimum Gasteiger partial charge on any atom is -0.377 e. The van der Waals surface area contributed by atoms with Crippen LogP contribution in [0.1, 0.15) is 32.8 Å². The Labute approximate surface area is 127 Å². The van der Waals surface area contributed by atoms with Crippen LogP contribution in [0.2, 0.25) is 5.02 Å². The number of benzene rings is 1. The molecule has 1 aliphatic heterocycles. The average Bonchev–Trinajstić information content (AvgIpc) is 2.61. The second kappa shape index (κ2) is 7.30. The monoisotopic (exact) mass is 296 g/mol. The maximum absolute atomic E-state index is 6.16. The molecular weight excluding hydrogens is 272 g/mol. The van der Waals surface area contributed by atoms with Gasteiger partial charge in [0.1, 0.15) is 0 Å². The van der Waals surface area contributed by atoms with Crippen LogP contribution in [0.3, 0.4) is 0 Å². The Morgan fingerprint density at radius 1 is 1.45 bits per heavy atom. The standard InChI is InChI=1S/C16H25ClN2O/c1-12(2)18-10-14-9-15(17)5-6-16(14)19-7-4-8-20-13(3)11-19/h5-6,9,12-13,18H,4,7-8,10-11H2,1-3H3. The predicted octanol–water partition coefficient (Wildman–Crippen LogP) is 3.45. The molecule has 1 fully saturated rings. The zero-order chi connectivity index (χ0) is 14.5. The number of halogens is 1. The van der Waals surface area contributed by atoms with Gasteiger partial charge >= 0.3 is 0 Å². The summed E-state index contributed by atoms with van der Waals surface area (Å²) in [5.41, 5.74) is 2.54. The number of nitrogens with zero attached hydrogens (tertiary/aromatic N) is 1. The molecule has 1 unspecified atom stereocenters. The van der Waals surface area contributed by atoms with Crippen LogP contribution in [0.15, 0.2) is 18.2 Å². The molecule has 0 radical (unpaired) electrons. The fraction of sp³-hybridized carbons (Fsp3) is 0.625. The molecule has 0 aromatic heterocycles. The SMILES string of the molecule is CC(C)NCc1cc(Cl)ccc1N1CCCOC(C)C1. The van der Waals surface area contributed by atoms with Crippen molar-refractivity contribution < 1.29 is 4.74 Å². The van der Waals surface area contributed by atoms with Crippen LogP contribution in [-0.4, -0.2) is 31.8 Å². The van der Waals surface area contributed by atoms with E-state index in [0.29, 0.717) is 6.04 Å². The summed E-state index contributed by atoms with van der Waals surface area (Å²) in [6.07, 6.45) is 1.35. The molecule has 1 aliphatic rings. The molecule has 3 nitrogen and oxygen atoms in total. The Bertz CT molecular complexity index is 436. The Balaban J connectivity index is 2.20. The highest BCUT2D eigenvalue weighted by molar-refractivity contribution is 6.30. The van der Waals surface area contributed by atoms with E-state index < -0.39 is 0 Å². The molecular formula is C16H25ClN2O. The van der Waals surface area contributed by atoms with Crippen LogP contribution < -0.4 is 10.2 Å². The molecule has 1 aromatic carbocycles. The first-order valence-corrected chi connectivity index (χ1v) is 7.82. The summed E-state index contributed by atoms with van der Waals surface area (Å²) in [5.74, 6) is 0. The van der Waals surface area contributed by atoms with Crippen LogP contribution in [0.25, 0.3) is 0 Å². The van der Waals surface area contributed by atoms with Crippen LogP contribution in [0, 0.1) is 0 Å². The Kier molecular flexibility index (Phi) is 5.70. The average molecular weight is 297 g/mol. The Morgan fingerprint density at radius 2 is 2.25 bits per heavy atom. The fourth-order valence-electron chi connectivity index (χ4n) is 2.53. The summed E-state index contributed by atoms with van der Waals surface area (Å²) in [6.45, 7) is 10.1. The van der Waals surface area contributed by atoms with E-state index in [0.717, 1.165) is 37.7 Å². The normalized spacial score (nSPS) is 20.2. The molecule has 0 bridgehead atoms. The highest BCUT2D eigenvalue weighted by Crippen LogP contribution is 2.26. The summed E-state index contributed by atoms with van der Waals surface area (Å²) in [7, 11) is 0. The highest BCUT2D eigenvalue weighted by Gasteiger charge is 2.18. The van der Waals surface area contributed by atoms with E-state index in [1.165, 1.54) is 11.3 Å².